The van der Waals surface area contributed by atoms with Gasteiger partial charge >= 0.3 is 0 Å². The average Bonchev–Trinajstić information content (AvgIpc) is 3.31. The summed E-state index contributed by atoms with van der Waals surface area (Å²) in [6.45, 7) is 3.48. The Morgan fingerprint density at radius 3 is 2.38 bits per heavy atom. The molecule has 1 aliphatic heterocycles. The molecule has 1 fully saturated rings. The first-order valence-corrected chi connectivity index (χ1v) is 11.9. The fourth-order valence-corrected chi connectivity index (χ4v) is 4.11. The Balaban J connectivity index is 1.43. The van der Waals surface area contributed by atoms with Gasteiger partial charge in [-0.15, -0.1) is 0 Å². The SMILES string of the molecule is CN1CCN(c2nc(Nc3ccc(F)c(I)c3)nc(Nc3cc(-c4ccccc4)[nH]n3)n2)CC1. The monoisotopic (exact) mass is 571 g/mol. The molecule has 0 radical (unpaired) electrons. The van der Waals surface area contributed by atoms with Crippen molar-refractivity contribution in [2.45, 2.75) is 0 Å². The minimum absolute atomic E-state index is 0.268. The lowest BCUT2D eigenvalue weighted by Gasteiger charge is -2.32. The van der Waals surface area contributed by atoms with Crippen molar-refractivity contribution >= 4 is 51.9 Å². The number of anilines is 5. The quantitative estimate of drug-likeness (QED) is 0.296. The van der Waals surface area contributed by atoms with Crippen molar-refractivity contribution in [2.75, 3.05) is 48.8 Å². The molecule has 3 N–H and O–H groups in total. The van der Waals surface area contributed by atoms with Crippen molar-refractivity contribution in [3.63, 3.8) is 0 Å². The van der Waals surface area contributed by atoms with Gasteiger partial charge in [-0.2, -0.15) is 20.1 Å². The van der Waals surface area contributed by atoms with Crippen molar-refractivity contribution in [1.82, 2.24) is 30.0 Å². The Morgan fingerprint density at radius 1 is 0.912 bits per heavy atom. The van der Waals surface area contributed by atoms with Gasteiger partial charge in [-0.1, -0.05) is 30.3 Å². The maximum Gasteiger partial charge on any atom is 0.235 e. The maximum atomic E-state index is 13.7. The van der Waals surface area contributed by atoms with Crippen molar-refractivity contribution in [1.29, 1.82) is 0 Å². The molecule has 34 heavy (non-hydrogen) atoms. The Kier molecular flexibility index (Phi) is 6.54. The molecule has 0 bridgehead atoms. The zero-order chi connectivity index (χ0) is 23.5. The molecule has 174 valence electrons. The van der Waals surface area contributed by atoms with Gasteiger partial charge in [0.15, 0.2) is 5.82 Å². The van der Waals surface area contributed by atoms with Crippen LogP contribution in [0.2, 0.25) is 0 Å². The van der Waals surface area contributed by atoms with Crippen LogP contribution < -0.4 is 15.5 Å². The molecule has 0 unspecified atom stereocenters. The zero-order valence-corrected chi connectivity index (χ0v) is 20.6. The van der Waals surface area contributed by atoms with Gasteiger partial charge in [-0.3, -0.25) is 5.10 Å². The van der Waals surface area contributed by atoms with E-state index in [-0.39, 0.29) is 5.82 Å². The summed E-state index contributed by atoms with van der Waals surface area (Å²) in [7, 11) is 2.10. The summed E-state index contributed by atoms with van der Waals surface area (Å²) in [6.07, 6.45) is 0. The van der Waals surface area contributed by atoms with Gasteiger partial charge in [-0.25, -0.2) is 4.39 Å². The van der Waals surface area contributed by atoms with Crippen LogP contribution in [0.3, 0.4) is 0 Å². The van der Waals surface area contributed by atoms with Crippen molar-refractivity contribution in [3.05, 3.63) is 64.0 Å². The van der Waals surface area contributed by atoms with E-state index in [4.69, 9.17) is 0 Å². The number of piperazine rings is 1. The number of benzene rings is 2. The summed E-state index contributed by atoms with van der Waals surface area (Å²) in [5.41, 5.74) is 2.61. The Bertz CT molecular complexity index is 1270. The number of halogens is 2. The first-order chi connectivity index (χ1) is 16.5. The second-order valence-electron chi connectivity index (χ2n) is 7.98. The summed E-state index contributed by atoms with van der Waals surface area (Å²) in [5.74, 6) is 1.64. The lowest BCUT2D eigenvalue weighted by atomic mass is 10.2. The van der Waals surface area contributed by atoms with E-state index < -0.39 is 0 Å². The first-order valence-electron chi connectivity index (χ1n) is 10.8. The van der Waals surface area contributed by atoms with E-state index in [0.29, 0.717) is 32.9 Å². The molecule has 2 aromatic carbocycles. The summed E-state index contributed by atoms with van der Waals surface area (Å²) in [6, 6.07) is 16.6. The normalized spacial score (nSPS) is 14.3. The molecule has 0 atom stereocenters. The maximum absolute atomic E-state index is 13.7. The van der Waals surface area contributed by atoms with Crippen molar-refractivity contribution in [2.24, 2.45) is 0 Å². The number of likely N-dealkylation sites (N-methyl/N-ethyl adjacent to an activating group) is 1. The van der Waals surface area contributed by atoms with Gasteiger partial charge in [0.2, 0.25) is 17.8 Å². The molecule has 1 saturated heterocycles. The van der Waals surface area contributed by atoms with Crippen LogP contribution >= 0.6 is 22.6 Å². The van der Waals surface area contributed by atoms with Gasteiger partial charge in [0.25, 0.3) is 0 Å². The molecule has 9 nitrogen and oxygen atoms in total. The highest BCUT2D eigenvalue weighted by Crippen LogP contribution is 2.24. The molecule has 2 aromatic heterocycles. The third kappa shape index (κ3) is 5.25. The molecule has 5 rings (SSSR count). The van der Waals surface area contributed by atoms with E-state index in [2.05, 4.69) is 52.6 Å². The van der Waals surface area contributed by atoms with Crippen LogP contribution in [-0.2, 0) is 0 Å². The van der Waals surface area contributed by atoms with E-state index in [0.717, 1.165) is 37.4 Å². The summed E-state index contributed by atoms with van der Waals surface area (Å²) >= 11 is 1.96. The van der Waals surface area contributed by atoms with Gasteiger partial charge in [-0.05, 0) is 53.4 Å². The Hall–Kier alpha value is -3.32. The van der Waals surface area contributed by atoms with Gasteiger partial charge in [0.05, 0.1) is 9.26 Å². The predicted molar refractivity (Wildman–Crippen MR) is 139 cm³/mol. The van der Waals surface area contributed by atoms with Crippen LogP contribution in [0.25, 0.3) is 11.3 Å². The number of H-pyrrole nitrogens is 1. The molecule has 0 saturated carbocycles. The lowest BCUT2D eigenvalue weighted by molar-refractivity contribution is 0.311. The van der Waals surface area contributed by atoms with E-state index in [1.165, 1.54) is 6.07 Å². The smallest absolute Gasteiger partial charge is 0.235 e. The summed E-state index contributed by atoms with van der Waals surface area (Å²) in [4.78, 5) is 18.2. The molecule has 0 aliphatic carbocycles. The van der Waals surface area contributed by atoms with E-state index in [1.54, 1.807) is 12.1 Å². The molecule has 3 heterocycles. The molecule has 0 spiro atoms. The van der Waals surface area contributed by atoms with Gasteiger partial charge in [0.1, 0.15) is 5.82 Å². The van der Waals surface area contributed by atoms with Crippen LogP contribution in [0.5, 0.6) is 0 Å². The van der Waals surface area contributed by atoms with Crippen LogP contribution in [0.15, 0.2) is 54.6 Å². The highest BCUT2D eigenvalue weighted by Gasteiger charge is 2.19. The summed E-state index contributed by atoms with van der Waals surface area (Å²) < 4.78 is 14.2. The molecule has 0 amide bonds. The number of aromatic amines is 1. The van der Waals surface area contributed by atoms with E-state index >= 15 is 0 Å². The van der Waals surface area contributed by atoms with Crippen LogP contribution in [0, 0.1) is 9.39 Å². The highest BCUT2D eigenvalue weighted by atomic mass is 127. The molecule has 1 aliphatic rings. The molecule has 11 heteroatoms. The average molecular weight is 571 g/mol. The van der Waals surface area contributed by atoms with Crippen LogP contribution in [0.4, 0.5) is 33.7 Å². The first kappa shape index (κ1) is 22.5. The Labute approximate surface area is 210 Å². The number of aromatic nitrogens is 5. The zero-order valence-electron chi connectivity index (χ0n) is 18.5. The molecular formula is C23H23FIN9. The fraction of sp³-hybridized carbons (Fsp3) is 0.217. The number of nitrogens with zero attached hydrogens (tertiary/aromatic N) is 6. The third-order valence-electron chi connectivity index (χ3n) is 5.49. The van der Waals surface area contributed by atoms with Crippen LogP contribution in [-0.4, -0.2) is 63.3 Å². The number of rotatable bonds is 6. The molecule has 4 aromatic rings. The van der Waals surface area contributed by atoms with Crippen LogP contribution in [0.1, 0.15) is 0 Å². The lowest BCUT2D eigenvalue weighted by Crippen LogP contribution is -2.45. The Morgan fingerprint density at radius 2 is 1.65 bits per heavy atom. The summed E-state index contributed by atoms with van der Waals surface area (Å²) in [5, 5.41) is 13.8. The minimum atomic E-state index is -0.268. The van der Waals surface area contributed by atoms with Gasteiger partial charge in [0, 0.05) is 37.9 Å². The molecular weight excluding hydrogens is 548 g/mol. The standard InChI is InChI=1S/C23H23FIN9/c1-33-9-11-34(12-10-33)23-29-21(26-16-7-8-17(24)18(25)13-16)28-22(30-23)27-20-14-19(31-32-20)15-5-3-2-4-6-15/h2-8,13-14H,9-12H2,1H3,(H3,26,27,28,29,30,31,32). The third-order valence-corrected chi connectivity index (χ3v) is 6.31. The number of hydrogen-bond donors (Lipinski definition) is 3. The predicted octanol–water partition coefficient (Wildman–Crippen LogP) is 4.24. The van der Waals surface area contributed by atoms with E-state index in [1.807, 2.05) is 59.0 Å². The van der Waals surface area contributed by atoms with E-state index in [9.17, 15) is 4.39 Å². The van der Waals surface area contributed by atoms with Gasteiger partial charge < -0.3 is 20.4 Å². The topological polar surface area (TPSA) is 97.9 Å². The van der Waals surface area contributed by atoms with Crippen molar-refractivity contribution < 1.29 is 4.39 Å². The second kappa shape index (κ2) is 9.89. The number of hydrogen-bond acceptors (Lipinski definition) is 8. The number of nitrogens with one attached hydrogen (secondary N) is 3. The second-order valence-corrected chi connectivity index (χ2v) is 9.15. The van der Waals surface area contributed by atoms with Crippen molar-refractivity contribution in [3.8, 4) is 11.3 Å². The minimum Gasteiger partial charge on any atom is -0.338 e. The highest BCUT2D eigenvalue weighted by molar-refractivity contribution is 14.1. The largest absolute Gasteiger partial charge is 0.338 e. The fourth-order valence-electron chi connectivity index (χ4n) is 3.59.